The smallest absolute Gasteiger partial charge is 0.0399 e. The van der Waals surface area contributed by atoms with Gasteiger partial charge in [0.1, 0.15) is 0 Å². The lowest BCUT2D eigenvalue weighted by atomic mass is 9.83. The Balaban J connectivity index is 1.41. The van der Waals surface area contributed by atoms with E-state index >= 15 is 0 Å². The molecule has 21 heavy (non-hydrogen) atoms. The van der Waals surface area contributed by atoms with Crippen LogP contribution >= 0.6 is 0 Å². The monoisotopic (exact) mass is 286 g/mol. The van der Waals surface area contributed by atoms with E-state index in [-0.39, 0.29) is 0 Å². The van der Waals surface area contributed by atoms with E-state index in [0.29, 0.717) is 0 Å². The first-order chi connectivity index (χ1) is 10.4. The average Bonchev–Trinajstić information content (AvgIpc) is 2.95. The molecule has 3 rings (SSSR count). The SMILES string of the molecule is CCC1CCCCC1NCCCN1CCc2ccccc21. The van der Waals surface area contributed by atoms with Gasteiger partial charge in [0.2, 0.25) is 0 Å². The highest BCUT2D eigenvalue weighted by Crippen LogP contribution is 2.28. The quantitative estimate of drug-likeness (QED) is 0.795. The first kappa shape index (κ1) is 14.9. The van der Waals surface area contributed by atoms with Crippen LogP contribution in [0.5, 0.6) is 0 Å². The number of benzene rings is 1. The van der Waals surface area contributed by atoms with Gasteiger partial charge in [0.05, 0.1) is 0 Å². The molecule has 0 aromatic heterocycles. The second kappa shape index (κ2) is 7.31. The van der Waals surface area contributed by atoms with Gasteiger partial charge in [-0.15, -0.1) is 0 Å². The molecule has 0 bridgehead atoms. The average molecular weight is 286 g/mol. The third kappa shape index (κ3) is 3.60. The number of para-hydroxylation sites is 1. The van der Waals surface area contributed by atoms with Crippen LogP contribution in [-0.2, 0) is 6.42 Å². The maximum Gasteiger partial charge on any atom is 0.0399 e. The minimum absolute atomic E-state index is 0.787. The highest BCUT2D eigenvalue weighted by Gasteiger charge is 2.23. The summed E-state index contributed by atoms with van der Waals surface area (Å²) in [5.41, 5.74) is 3.00. The van der Waals surface area contributed by atoms with Crippen molar-refractivity contribution in [3.05, 3.63) is 29.8 Å². The van der Waals surface area contributed by atoms with Crippen LogP contribution < -0.4 is 10.2 Å². The number of nitrogens with zero attached hydrogens (tertiary/aromatic N) is 1. The fraction of sp³-hybridized carbons (Fsp3) is 0.684. The molecule has 0 spiro atoms. The van der Waals surface area contributed by atoms with Crippen LogP contribution in [0.15, 0.2) is 24.3 Å². The van der Waals surface area contributed by atoms with Gasteiger partial charge in [-0.3, -0.25) is 0 Å². The Morgan fingerprint density at radius 2 is 2.05 bits per heavy atom. The largest absolute Gasteiger partial charge is 0.371 e. The summed E-state index contributed by atoms with van der Waals surface area (Å²) in [6, 6.07) is 9.68. The fourth-order valence-electron chi connectivity index (χ4n) is 4.16. The molecular weight excluding hydrogens is 256 g/mol. The van der Waals surface area contributed by atoms with E-state index in [0.717, 1.165) is 12.0 Å². The third-order valence-electron chi connectivity index (χ3n) is 5.43. The normalized spacial score (nSPS) is 25.1. The van der Waals surface area contributed by atoms with Gasteiger partial charge in [-0.05, 0) is 49.8 Å². The summed E-state index contributed by atoms with van der Waals surface area (Å²) < 4.78 is 0. The maximum atomic E-state index is 3.84. The van der Waals surface area contributed by atoms with Crippen molar-refractivity contribution in [1.82, 2.24) is 5.32 Å². The van der Waals surface area contributed by atoms with Gasteiger partial charge in [-0.25, -0.2) is 0 Å². The summed E-state index contributed by atoms with van der Waals surface area (Å²) in [7, 11) is 0. The lowest BCUT2D eigenvalue weighted by molar-refractivity contribution is 0.256. The zero-order chi connectivity index (χ0) is 14.5. The van der Waals surface area contributed by atoms with Crippen LogP contribution in [0.1, 0.15) is 51.0 Å². The molecule has 0 radical (unpaired) electrons. The molecule has 2 nitrogen and oxygen atoms in total. The molecule has 0 amide bonds. The predicted octanol–water partition coefficient (Wildman–Crippen LogP) is 4.00. The fourth-order valence-corrected chi connectivity index (χ4v) is 4.16. The Hall–Kier alpha value is -1.02. The van der Waals surface area contributed by atoms with Gasteiger partial charge in [0.15, 0.2) is 0 Å². The lowest BCUT2D eigenvalue weighted by Crippen LogP contribution is -2.39. The molecule has 1 fully saturated rings. The van der Waals surface area contributed by atoms with E-state index in [1.807, 2.05) is 0 Å². The third-order valence-corrected chi connectivity index (χ3v) is 5.43. The molecule has 1 saturated carbocycles. The molecule has 116 valence electrons. The van der Waals surface area contributed by atoms with E-state index in [1.165, 1.54) is 75.8 Å². The first-order valence-electron chi connectivity index (χ1n) is 8.94. The Labute approximate surface area is 129 Å². The molecule has 2 heteroatoms. The van der Waals surface area contributed by atoms with Gasteiger partial charge in [0.25, 0.3) is 0 Å². The van der Waals surface area contributed by atoms with Crippen molar-refractivity contribution in [3.63, 3.8) is 0 Å². The van der Waals surface area contributed by atoms with Crippen molar-refractivity contribution in [2.45, 2.75) is 57.9 Å². The number of rotatable bonds is 6. The molecule has 1 aromatic rings. The number of anilines is 1. The van der Waals surface area contributed by atoms with Gasteiger partial charge < -0.3 is 10.2 Å². The van der Waals surface area contributed by atoms with Crippen LogP contribution in [0.25, 0.3) is 0 Å². The Morgan fingerprint density at radius 1 is 1.19 bits per heavy atom. The molecule has 2 aliphatic rings. The van der Waals surface area contributed by atoms with Crippen molar-refractivity contribution in [1.29, 1.82) is 0 Å². The second-order valence-electron chi connectivity index (χ2n) is 6.73. The van der Waals surface area contributed by atoms with E-state index in [2.05, 4.69) is 41.4 Å². The molecule has 1 aliphatic carbocycles. The van der Waals surface area contributed by atoms with Gasteiger partial charge >= 0.3 is 0 Å². The molecule has 1 N–H and O–H groups in total. The van der Waals surface area contributed by atoms with Crippen LogP contribution in [0, 0.1) is 5.92 Å². The number of hydrogen-bond donors (Lipinski definition) is 1. The van der Waals surface area contributed by atoms with Crippen LogP contribution in [0.4, 0.5) is 5.69 Å². The van der Waals surface area contributed by atoms with Gasteiger partial charge in [-0.1, -0.05) is 44.4 Å². The number of fused-ring (bicyclic) bond motifs is 1. The van der Waals surface area contributed by atoms with E-state index in [9.17, 15) is 0 Å². The predicted molar refractivity (Wildman–Crippen MR) is 91.0 cm³/mol. The van der Waals surface area contributed by atoms with E-state index in [1.54, 1.807) is 0 Å². The van der Waals surface area contributed by atoms with Crippen molar-refractivity contribution < 1.29 is 0 Å². The zero-order valence-electron chi connectivity index (χ0n) is 13.5. The van der Waals surface area contributed by atoms with Gasteiger partial charge in [-0.2, -0.15) is 0 Å². The van der Waals surface area contributed by atoms with Crippen molar-refractivity contribution in [3.8, 4) is 0 Å². The highest BCUT2D eigenvalue weighted by atomic mass is 15.1. The van der Waals surface area contributed by atoms with E-state index in [4.69, 9.17) is 0 Å². The van der Waals surface area contributed by atoms with Crippen molar-refractivity contribution in [2.24, 2.45) is 5.92 Å². The first-order valence-corrected chi connectivity index (χ1v) is 8.94. The topological polar surface area (TPSA) is 15.3 Å². The van der Waals surface area contributed by atoms with Crippen molar-refractivity contribution >= 4 is 5.69 Å². The minimum atomic E-state index is 0.787. The Morgan fingerprint density at radius 3 is 2.95 bits per heavy atom. The standard InChI is InChI=1S/C19H30N2/c1-2-16-8-3-5-10-18(16)20-13-7-14-21-15-12-17-9-4-6-11-19(17)21/h4,6,9,11,16,18,20H,2-3,5,7-8,10,12-15H2,1H3. The van der Waals surface area contributed by atoms with Crippen molar-refractivity contribution in [2.75, 3.05) is 24.5 Å². The summed E-state index contributed by atoms with van der Waals surface area (Å²) >= 11 is 0. The molecular formula is C19H30N2. The molecule has 2 atom stereocenters. The molecule has 1 aromatic carbocycles. The number of hydrogen-bond acceptors (Lipinski definition) is 2. The minimum Gasteiger partial charge on any atom is -0.371 e. The summed E-state index contributed by atoms with van der Waals surface area (Å²) in [6.07, 6.45) is 9.54. The summed E-state index contributed by atoms with van der Waals surface area (Å²) in [6.45, 7) is 5.94. The Bertz CT molecular complexity index is 443. The maximum absolute atomic E-state index is 3.84. The van der Waals surface area contributed by atoms with E-state index < -0.39 is 0 Å². The molecule has 2 unspecified atom stereocenters. The molecule has 1 heterocycles. The number of nitrogens with one attached hydrogen (secondary N) is 1. The second-order valence-corrected chi connectivity index (χ2v) is 6.73. The Kier molecular flexibility index (Phi) is 5.18. The van der Waals surface area contributed by atoms with Gasteiger partial charge in [0, 0.05) is 24.8 Å². The highest BCUT2D eigenvalue weighted by molar-refractivity contribution is 5.57. The zero-order valence-corrected chi connectivity index (χ0v) is 13.5. The molecule has 1 aliphatic heterocycles. The summed E-state index contributed by atoms with van der Waals surface area (Å²) in [4.78, 5) is 2.56. The van der Waals surface area contributed by atoms with Crippen LogP contribution in [0.2, 0.25) is 0 Å². The van der Waals surface area contributed by atoms with Crippen LogP contribution in [-0.4, -0.2) is 25.7 Å². The summed E-state index contributed by atoms with van der Waals surface area (Å²) in [5.74, 6) is 0.922. The molecule has 0 saturated heterocycles. The lowest BCUT2D eigenvalue weighted by Gasteiger charge is -2.32. The van der Waals surface area contributed by atoms with Crippen LogP contribution in [0.3, 0.4) is 0 Å². The summed E-state index contributed by atoms with van der Waals surface area (Å²) in [5, 5.41) is 3.84.